The first-order chi connectivity index (χ1) is 15.0. The highest BCUT2D eigenvalue weighted by Gasteiger charge is 2.04. The molecule has 0 aliphatic heterocycles. The minimum Gasteiger partial charge on any atom is -0.373 e. The quantitative estimate of drug-likeness (QED) is 0.251. The van der Waals surface area contributed by atoms with Crippen molar-refractivity contribution < 1.29 is 0 Å². The highest BCUT2D eigenvalue weighted by atomic mass is 35.5. The van der Waals surface area contributed by atoms with Crippen molar-refractivity contribution >= 4 is 36.5 Å². The van der Waals surface area contributed by atoms with Crippen LogP contribution in [0.1, 0.15) is 38.9 Å². The first-order valence-electron chi connectivity index (χ1n) is 10.8. The largest absolute Gasteiger partial charge is 0.373 e. The van der Waals surface area contributed by atoms with Crippen LogP contribution in [0.5, 0.6) is 0 Å². The van der Waals surface area contributed by atoms with E-state index in [1.54, 1.807) is 14.1 Å². The van der Waals surface area contributed by atoms with Crippen molar-refractivity contribution in [3.05, 3.63) is 106 Å². The monoisotopic (exact) mass is 484 g/mol. The summed E-state index contributed by atoms with van der Waals surface area (Å²) in [6, 6.07) is 23.4. The highest BCUT2D eigenvalue weighted by Crippen LogP contribution is 2.16. The molecule has 4 nitrogen and oxygen atoms in total. The fourth-order valence-electron chi connectivity index (χ4n) is 3.78. The zero-order valence-corrected chi connectivity index (χ0v) is 21.1. The molecule has 0 atom stereocenters. The minimum absolute atomic E-state index is 0. The van der Waals surface area contributed by atoms with E-state index in [4.69, 9.17) is 10.8 Å². The van der Waals surface area contributed by atoms with Gasteiger partial charge in [-0.3, -0.25) is 10.8 Å². The summed E-state index contributed by atoms with van der Waals surface area (Å²) in [4.78, 5) is 0. The normalized spacial score (nSPS) is 9.91. The number of halogens is 2. The molecule has 3 aromatic carbocycles. The van der Waals surface area contributed by atoms with E-state index in [1.807, 2.05) is 24.3 Å². The van der Waals surface area contributed by atoms with E-state index in [1.165, 1.54) is 27.8 Å². The third-order valence-corrected chi connectivity index (χ3v) is 5.59. The van der Waals surface area contributed by atoms with E-state index in [0.717, 1.165) is 36.8 Å². The van der Waals surface area contributed by atoms with E-state index < -0.39 is 0 Å². The zero-order valence-electron chi connectivity index (χ0n) is 19.5. The van der Waals surface area contributed by atoms with Gasteiger partial charge in [0.2, 0.25) is 0 Å². The van der Waals surface area contributed by atoms with Crippen molar-refractivity contribution in [3.8, 4) is 0 Å². The second-order valence-electron chi connectivity index (χ2n) is 7.97. The number of amidine groups is 2. The van der Waals surface area contributed by atoms with Gasteiger partial charge in [-0.15, -0.1) is 24.8 Å². The molecule has 0 saturated carbocycles. The van der Waals surface area contributed by atoms with Gasteiger partial charge < -0.3 is 10.6 Å². The van der Waals surface area contributed by atoms with E-state index in [2.05, 4.69) is 60.0 Å². The standard InChI is InChI=1S/C27H32N4.2ClH/c1-19-16-22(6-4-20-8-12-24(13-9-20)26(28)30-2)18-23(17-19)7-5-21-10-14-25(15-11-21)27(29)31-3;;/h8-18H,4-7H2,1-3H3,(H2,28,30)(H2,29,31);2*1H. The van der Waals surface area contributed by atoms with Crippen LogP contribution in [0.4, 0.5) is 0 Å². The lowest BCUT2D eigenvalue weighted by molar-refractivity contribution is 0.926. The number of hydrogen-bond donors (Lipinski definition) is 4. The number of rotatable bonds is 8. The molecule has 176 valence electrons. The summed E-state index contributed by atoms with van der Waals surface area (Å²) in [7, 11) is 3.55. The number of nitrogens with one attached hydrogen (secondary N) is 4. The molecule has 0 aliphatic carbocycles. The molecule has 33 heavy (non-hydrogen) atoms. The maximum Gasteiger partial charge on any atom is 0.125 e. The molecular formula is C27H34Cl2N4. The van der Waals surface area contributed by atoms with Gasteiger partial charge in [-0.1, -0.05) is 72.3 Å². The number of aryl methyl sites for hydroxylation is 5. The second-order valence-corrected chi connectivity index (χ2v) is 7.97. The fourth-order valence-corrected chi connectivity index (χ4v) is 3.78. The minimum atomic E-state index is 0. The van der Waals surface area contributed by atoms with Crippen molar-refractivity contribution in [1.29, 1.82) is 10.8 Å². The topological polar surface area (TPSA) is 71.8 Å². The van der Waals surface area contributed by atoms with Crippen molar-refractivity contribution in [2.75, 3.05) is 14.1 Å². The van der Waals surface area contributed by atoms with Crippen molar-refractivity contribution in [2.24, 2.45) is 0 Å². The maximum absolute atomic E-state index is 7.85. The summed E-state index contributed by atoms with van der Waals surface area (Å²) < 4.78 is 0. The molecule has 0 radical (unpaired) electrons. The van der Waals surface area contributed by atoms with Gasteiger partial charge >= 0.3 is 0 Å². The third-order valence-electron chi connectivity index (χ3n) is 5.59. The van der Waals surface area contributed by atoms with Gasteiger partial charge in [0.05, 0.1) is 0 Å². The van der Waals surface area contributed by atoms with Gasteiger partial charge in [0.1, 0.15) is 11.7 Å². The first kappa shape index (κ1) is 28.2. The smallest absolute Gasteiger partial charge is 0.125 e. The van der Waals surface area contributed by atoms with Gasteiger partial charge in [0.15, 0.2) is 0 Å². The van der Waals surface area contributed by atoms with E-state index in [-0.39, 0.29) is 24.8 Å². The average molecular weight is 486 g/mol. The molecule has 0 fully saturated rings. The molecular weight excluding hydrogens is 451 g/mol. The first-order valence-corrected chi connectivity index (χ1v) is 10.8. The van der Waals surface area contributed by atoms with Gasteiger partial charge in [-0.25, -0.2) is 0 Å². The van der Waals surface area contributed by atoms with Gasteiger partial charge in [-0.2, -0.15) is 0 Å². The number of hydrogen-bond acceptors (Lipinski definition) is 2. The lowest BCUT2D eigenvalue weighted by atomic mass is 9.96. The molecule has 0 saturated heterocycles. The van der Waals surface area contributed by atoms with Crippen LogP contribution in [0.15, 0.2) is 66.7 Å². The van der Waals surface area contributed by atoms with Gasteiger partial charge in [0, 0.05) is 25.2 Å². The van der Waals surface area contributed by atoms with Crippen LogP contribution < -0.4 is 10.6 Å². The van der Waals surface area contributed by atoms with Crippen LogP contribution in [0.2, 0.25) is 0 Å². The third kappa shape index (κ3) is 8.23. The average Bonchev–Trinajstić information content (AvgIpc) is 2.80. The predicted molar refractivity (Wildman–Crippen MR) is 145 cm³/mol. The molecule has 0 aromatic heterocycles. The Morgan fingerprint density at radius 2 is 0.909 bits per heavy atom. The Labute approximate surface area is 210 Å². The second kappa shape index (κ2) is 13.7. The molecule has 0 bridgehead atoms. The summed E-state index contributed by atoms with van der Waals surface area (Å²) in [6.07, 6.45) is 4.01. The van der Waals surface area contributed by atoms with Crippen LogP contribution in [0.3, 0.4) is 0 Å². The summed E-state index contributed by atoms with van der Waals surface area (Å²) in [5.74, 6) is 0.898. The molecule has 4 N–H and O–H groups in total. The van der Waals surface area contributed by atoms with Gasteiger partial charge in [0.25, 0.3) is 0 Å². The molecule has 6 heteroatoms. The lowest BCUT2D eigenvalue weighted by Gasteiger charge is -2.10. The van der Waals surface area contributed by atoms with Crippen LogP contribution in [-0.4, -0.2) is 25.8 Å². The van der Waals surface area contributed by atoms with Crippen molar-refractivity contribution in [2.45, 2.75) is 32.6 Å². The predicted octanol–water partition coefficient (Wildman–Crippen LogP) is 5.50. The van der Waals surface area contributed by atoms with E-state index >= 15 is 0 Å². The lowest BCUT2D eigenvalue weighted by Crippen LogP contribution is -2.17. The SMILES string of the molecule is CNC(=N)c1ccc(CCc2cc(C)cc(CCc3ccc(C(=N)NC)cc3)c2)cc1.Cl.Cl. The molecule has 0 aliphatic rings. The maximum atomic E-state index is 7.85. The fraction of sp³-hybridized carbons (Fsp3) is 0.259. The van der Waals surface area contributed by atoms with Crippen LogP contribution in [0, 0.1) is 17.7 Å². The van der Waals surface area contributed by atoms with Crippen LogP contribution in [0.25, 0.3) is 0 Å². The molecule has 0 heterocycles. The Bertz CT molecular complexity index is 963. The molecule has 3 rings (SSSR count). The Kier molecular flexibility index (Phi) is 11.7. The molecule has 0 unspecified atom stereocenters. The van der Waals surface area contributed by atoms with Gasteiger partial charge in [-0.05, 0) is 54.9 Å². The molecule has 3 aromatic rings. The molecule has 0 spiro atoms. The summed E-state index contributed by atoms with van der Waals surface area (Å²) in [5.41, 5.74) is 8.48. The highest BCUT2D eigenvalue weighted by molar-refractivity contribution is 5.96. The van der Waals surface area contributed by atoms with Crippen LogP contribution >= 0.6 is 24.8 Å². The Hall–Kier alpha value is -2.82. The zero-order chi connectivity index (χ0) is 22.2. The van der Waals surface area contributed by atoms with Crippen LogP contribution in [-0.2, 0) is 25.7 Å². The van der Waals surface area contributed by atoms with E-state index in [0.29, 0.717) is 11.7 Å². The van der Waals surface area contributed by atoms with Crippen molar-refractivity contribution in [3.63, 3.8) is 0 Å². The Morgan fingerprint density at radius 1 is 0.576 bits per heavy atom. The molecule has 0 amide bonds. The summed E-state index contributed by atoms with van der Waals surface area (Å²) in [6.45, 7) is 2.17. The van der Waals surface area contributed by atoms with Crippen molar-refractivity contribution in [1.82, 2.24) is 10.6 Å². The Balaban J connectivity index is 0.00000272. The number of benzene rings is 3. The summed E-state index contributed by atoms with van der Waals surface area (Å²) in [5, 5.41) is 21.5. The van der Waals surface area contributed by atoms with E-state index in [9.17, 15) is 0 Å². The Morgan fingerprint density at radius 3 is 1.24 bits per heavy atom. The summed E-state index contributed by atoms with van der Waals surface area (Å²) >= 11 is 0.